The van der Waals surface area contributed by atoms with Crippen molar-refractivity contribution < 1.29 is 13.9 Å². The highest BCUT2D eigenvalue weighted by molar-refractivity contribution is 5.98. The van der Waals surface area contributed by atoms with Crippen molar-refractivity contribution in [2.45, 2.75) is 32.7 Å². The van der Waals surface area contributed by atoms with E-state index < -0.39 is 0 Å². The van der Waals surface area contributed by atoms with Gasteiger partial charge in [0.25, 0.3) is 5.91 Å². The lowest BCUT2D eigenvalue weighted by Crippen LogP contribution is -2.27. The van der Waals surface area contributed by atoms with Crippen molar-refractivity contribution in [1.29, 1.82) is 0 Å². The molecule has 1 aliphatic heterocycles. The predicted octanol–water partition coefficient (Wildman–Crippen LogP) is 3.18. The van der Waals surface area contributed by atoms with Crippen LogP contribution in [0.15, 0.2) is 22.6 Å². The third kappa shape index (κ3) is 3.20. The highest BCUT2D eigenvalue weighted by atomic mass is 16.5. The Hall–Kier alpha value is -2.01. The molecule has 23 heavy (non-hydrogen) atoms. The first-order valence-corrected chi connectivity index (χ1v) is 8.34. The molecule has 0 radical (unpaired) electrons. The van der Waals surface area contributed by atoms with Gasteiger partial charge >= 0.3 is 0 Å². The monoisotopic (exact) mass is 316 g/mol. The number of hydrogen-bond acceptors (Lipinski definition) is 4. The molecule has 0 spiro atoms. The summed E-state index contributed by atoms with van der Waals surface area (Å²) in [5.74, 6) is 1.05. The van der Waals surface area contributed by atoms with Gasteiger partial charge in [-0.3, -0.25) is 4.79 Å². The molecule has 1 aromatic carbocycles. The van der Waals surface area contributed by atoms with Crippen molar-refractivity contribution in [3.8, 4) is 5.75 Å². The number of methoxy groups -OCH3 is 1. The fourth-order valence-corrected chi connectivity index (χ4v) is 3.05. The molecule has 1 aromatic heterocycles. The number of nitrogens with zero attached hydrogens (tertiary/aromatic N) is 1. The Bertz CT molecular complexity index is 687. The Morgan fingerprint density at radius 2 is 2.13 bits per heavy atom. The van der Waals surface area contributed by atoms with Crippen LogP contribution in [0.2, 0.25) is 0 Å². The molecule has 5 nitrogen and oxygen atoms in total. The molecule has 0 bridgehead atoms. The van der Waals surface area contributed by atoms with E-state index in [1.165, 1.54) is 0 Å². The quantitative estimate of drug-likeness (QED) is 0.832. The van der Waals surface area contributed by atoms with Crippen molar-refractivity contribution in [2.24, 2.45) is 0 Å². The molecule has 0 aliphatic carbocycles. The van der Waals surface area contributed by atoms with Gasteiger partial charge in [-0.05, 0) is 43.5 Å². The molecule has 2 aromatic rings. The number of nitrogens with one attached hydrogen (secondary N) is 1. The lowest BCUT2D eigenvalue weighted by molar-refractivity contribution is 0.0763. The fraction of sp³-hybridized carbons (Fsp3) is 0.500. The number of hydrogen-bond donors (Lipinski definition) is 1. The number of fused-ring (bicyclic) bond motifs is 1. The molecular weight excluding hydrogens is 292 g/mol. The maximum atomic E-state index is 12.6. The summed E-state index contributed by atoms with van der Waals surface area (Å²) in [6, 6.07) is 5.80. The van der Waals surface area contributed by atoms with E-state index in [0.717, 1.165) is 56.4 Å². The average molecular weight is 316 g/mol. The molecule has 3 rings (SSSR count). The summed E-state index contributed by atoms with van der Waals surface area (Å²) in [6.45, 7) is 5.49. The summed E-state index contributed by atoms with van der Waals surface area (Å²) in [5, 5.41) is 4.35. The third-order valence-electron chi connectivity index (χ3n) is 4.30. The molecule has 124 valence electrons. The number of carbonyl (C=O) groups excluding carboxylic acids is 1. The molecule has 2 heterocycles. The van der Waals surface area contributed by atoms with Crippen LogP contribution in [0.1, 0.15) is 42.3 Å². The second kappa shape index (κ2) is 7.04. The van der Waals surface area contributed by atoms with Gasteiger partial charge in [0.05, 0.1) is 7.11 Å². The van der Waals surface area contributed by atoms with Gasteiger partial charge in [-0.25, -0.2) is 0 Å². The van der Waals surface area contributed by atoms with Crippen LogP contribution < -0.4 is 10.1 Å². The predicted molar refractivity (Wildman–Crippen MR) is 89.9 cm³/mol. The van der Waals surface area contributed by atoms with Gasteiger partial charge in [0.15, 0.2) is 17.1 Å². The van der Waals surface area contributed by atoms with E-state index in [2.05, 4.69) is 12.2 Å². The summed E-state index contributed by atoms with van der Waals surface area (Å²) in [4.78, 5) is 14.4. The van der Waals surface area contributed by atoms with Crippen LogP contribution in [0, 0.1) is 0 Å². The van der Waals surface area contributed by atoms with Gasteiger partial charge in [-0.15, -0.1) is 0 Å². The zero-order valence-corrected chi connectivity index (χ0v) is 13.9. The Morgan fingerprint density at radius 1 is 1.35 bits per heavy atom. The number of ether oxygens (including phenoxy) is 1. The topological polar surface area (TPSA) is 54.7 Å². The minimum atomic E-state index is -0.0202. The normalized spacial score (nSPS) is 14.6. The molecule has 0 unspecified atom stereocenters. The Kier molecular flexibility index (Phi) is 4.86. The molecule has 0 saturated carbocycles. The fourth-order valence-electron chi connectivity index (χ4n) is 3.05. The van der Waals surface area contributed by atoms with Crippen molar-refractivity contribution in [1.82, 2.24) is 10.2 Å². The van der Waals surface area contributed by atoms with E-state index in [1.54, 1.807) is 7.11 Å². The van der Waals surface area contributed by atoms with E-state index in [-0.39, 0.29) is 5.91 Å². The van der Waals surface area contributed by atoms with Crippen molar-refractivity contribution in [2.75, 3.05) is 26.7 Å². The van der Waals surface area contributed by atoms with Gasteiger partial charge in [0, 0.05) is 25.0 Å². The highest BCUT2D eigenvalue weighted by Crippen LogP contribution is 2.32. The summed E-state index contributed by atoms with van der Waals surface area (Å²) in [6.07, 6.45) is 3.23. The van der Waals surface area contributed by atoms with Gasteiger partial charge in [0.2, 0.25) is 0 Å². The Balaban J connectivity index is 1.94. The molecule has 1 N–H and O–H groups in total. The summed E-state index contributed by atoms with van der Waals surface area (Å²) < 4.78 is 11.3. The first-order chi connectivity index (χ1) is 11.2. The molecule has 5 heteroatoms. The SMILES string of the molecule is CCCNCc1ccc(OC)c2oc(C(=O)N3CCCC3)cc12. The van der Waals surface area contributed by atoms with E-state index in [1.807, 2.05) is 23.1 Å². The van der Waals surface area contributed by atoms with E-state index in [4.69, 9.17) is 9.15 Å². The number of carbonyl (C=O) groups is 1. The number of rotatable bonds is 6. The van der Waals surface area contributed by atoms with Crippen LogP contribution in [-0.4, -0.2) is 37.6 Å². The van der Waals surface area contributed by atoms with Gasteiger partial charge in [-0.1, -0.05) is 13.0 Å². The molecule has 1 aliphatic rings. The summed E-state index contributed by atoms with van der Waals surface area (Å²) >= 11 is 0. The Morgan fingerprint density at radius 3 is 2.83 bits per heavy atom. The minimum absolute atomic E-state index is 0.0202. The summed E-state index contributed by atoms with van der Waals surface area (Å²) in [5.41, 5.74) is 1.78. The lowest BCUT2D eigenvalue weighted by atomic mass is 10.1. The molecule has 1 amide bonds. The second-order valence-corrected chi connectivity index (χ2v) is 5.96. The van der Waals surface area contributed by atoms with Gasteiger partial charge in [0.1, 0.15) is 0 Å². The minimum Gasteiger partial charge on any atom is -0.493 e. The smallest absolute Gasteiger partial charge is 0.289 e. The molecular formula is C18H24N2O3. The maximum absolute atomic E-state index is 12.6. The number of amides is 1. The highest BCUT2D eigenvalue weighted by Gasteiger charge is 2.24. The van der Waals surface area contributed by atoms with Gasteiger partial charge in [-0.2, -0.15) is 0 Å². The van der Waals surface area contributed by atoms with E-state index in [9.17, 15) is 4.79 Å². The van der Waals surface area contributed by atoms with E-state index >= 15 is 0 Å². The second-order valence-electron chi connectivity index (χ2n) is 5.96. The third-order valence-corrected chi connectivity index (χ3v) is 4.30. The first-order valence-electron chi connectivity index (χ1n) is 8.34. The van der Waals surface area contributed by atoms with Crippen LogP contribution in [-0.2, 0) is 6.54 Å². The first kappa shape index (κ1) is 15.9. The van der Waals surface area contributed by atoms with Crippen molar-refractivity contribution >= 4 is 16.9 Å². The summed E-state index contributed by atoms with van der Waals surface area (Å²) in [7, 11) is 1.62. The zero-order valence-electron chi connectivity index (χ0n) is 13.9. The molecule has 1 fully saturated rings. The van der Waals surface area contributed by atoms with Crippen LogP contribution in [0.4, 0.5) is 0 Å². The number of likely N-dealkylation sites (tertiary alicyclic amines) is 1. The van der Waals surface area contributed by atoms with Crippen LogP contribution in [0.25, 0.3) is 11.0 Å². The standard InChI is InChI=1S/C18H24N2O3/c1-3-8-19-12-13-6-7-15(22-2)17-14(13)11-16(23-17)18(21)20-9-4-5-10-20/h6-7,11,19H,3-5,8-10,12H2,1-2H3. The maximum Gasteiger partial charge on any atom is 0.289 e. The van der Waals surface area contributed by atoms with Crippen molar-refractivity contribution in [3.05, 3.63) is 29.5 Å². The number of furan rings is 1. The van der Waals surface area contributed by atoms with Crippen LogP contribution >= 0.6 is 0 Å². The van der Waals surface area contributed by atoms with Crippen molar-refractivity contribution in [3.63, 3.8) is 0 Å². The largest absolute Gasteiger partial charge is 0.493 e. The van der Waals surface area contributed by atoms with E-state index in [0.29, 0.717) is 17.1 Å². The average Bonchev–Trinajstić information content (AvgIpc) is 3.24. The zero-order chi connectivity index (χ0) is 16.2. The molecule has 1 saturated heterocycles. The lowest BCUT2D eigenvalue weighted by Gasteiger charge is -2.12. The molecule has 0 atom stereocenters. The van der Waals surface area contributed by atoms with Gasteiger partial charge < -0.3 is 19.4 Å². The van der Waals surface area contributed by atoms with Crippen LogP contribution in [0.3, 0.4) is 0 Å². The Labute approximate surface area is 136 Å². The number of benzene rings is 1. The van der Waals surface area contributed by atoms with Crippen LogP contribution in [0.5, 0.6) is 5.75 Å².